The van der Waals surface area contributed by atoms with Crippen molar-refractivity contribution in [1.29, 1.82) is 0 Å². The third-order valence-corrected chi connectivity index (χ3v) is 4.59. The molecular weight excluding hydrogens is 332 g/mol. The molecule has 2 atom stereocenters. The van der Waals surface area contributed by atoms with Crippen molar-refractivity contribution in [3.8, 4) is 11.5 Å². The highest BCUT2D eigenvalue weighted by Crippen LogP contribution is 2.34. The van der Waals surface area contributed by atoms with Crippen molar-refractivity contribution in [2.24, 2.45) is 0 Å². The summed E-state index contributed by atoms with van der Waals surface area (Å²) in [5.74, 6) is 1.00. The summed E-state index contributed by atoms with van der Waals surface area (Å²) >= 11 is 0. The number of carbonyl (C=O) groups is 1. The number of ether oxygens (including phenoxy) is 2. The molecule has 0 unspecified atom stereocenters. The van der Waals surface area contributed by atoms with E-state index in [1.165, 1.54) is 0 Å². The Bertz CT molecular complexity index is 979. The molecule has 6 heteroatoms. The molecule has 1 aliphatic heterocycles. The van der Waals surface area contributed by atoms with E-state index in [9.17, 15) is 9.90 Å². The molecule has 134 valence electrons. The molecule has 1 aliphatic rings. The molecule has 0 radical (unpaired) electrons. The first-order chi connectivity index (χ1) is 12.5. The summed E-state index contributed by atoms with van der Waals surface area (Å²) in [6.45, 7) is 3.95. The van der Waals surface area contributed by atoms with Gasteiger partial charge < -0.3 is 24.9 Å². The smallest absolute Gasteiger partial charge is 0.268 e. The molecule has 3 aromatic rings. The molecule has 0 spiro atoms. The third-order valence-electron chi connectivity index (χ3n) is 4.59. The number of hydrogen-bond acceptors (Lipinski definition) is 4. The highest BCUT2D eigenvalue weighted by Gasteiger charge is 2.22. The number of aromatic nitrogens is 1. The zero-order valence-electron chi connectivity index (χ0n) is 14.6. The third kappa shape index (κ3) is 2.99. The number of aliphatic hydroxyl groups excluding tert-OH is 1. The maximum atomic E-state index is 12.5. The van der Waals surface area contributed by atoms with Crippen molar-refractivity contribution in [1.82, 2.24) is 10.3 Å². The van der Waals surface area contributed by atoms with Gasteiger partial charge in [0.25, 0.3) is 5.91 Å². The maximum absolute atomic E-state index is 12.5. The predicted molar refractivity (Wildman–Crippen MR) is 97.5 cm³/mol. The van der Waals surface area contributed by atoms with Gasteiger partial charge in [-0.25, -0.2) is 0 Å². The first-order valence-corrected chi connectivity index (χ1v) is 8.49. The van der Waals surface area contributed by atoms with Crippen LogP contribution in [0.3, 0.4) is 0 Å². The normalized spacial score (nSPS) is 15.0. The van der Waals surface area contributed by atoms with Gasteiger partial charge in [0, 0.05) is 10.9 Å². The number of carbonyl (C=O) groups excluding carboxylic acids is 1. The van der Waals surface area contributed by atoms with Crippen molar-refractivity contribution in [3.63, 3.8) is 0 Å². The topological polar surface area (TPSA) is 83.6 Å². The molecule has 1 amide bonds. The number of fused-ring (bicyclic) bond motifs is 2. The summed E-state index contributed by atoms with van der Waals surface area (Å²) in [6, 6.07) is 12.6. The number of aromatic amines is 1. The molecule has 0 saturated heterocycles. The monoisotopic (exact) mass is 352 g/mol. The minimum atomic E-state index is -0.861. The van der Waals surface area contributed by atoms with Crippen LogP contribution in [0.2, 0.25) is 0 Å². The molecule has 3 N–H and O–H groups in total. The lowest BCUT2D eigenvalue weighted by Gasteiger charge is -2.20. The Kier molecular flexibility index (Phi) is 4.05. The zero-order valence-corrected chi connectivity index (χ0v) is 14.6. The molecule has 0 aliphatic carbocycles. The summed E-state index contributed by atoms with van der Waals surface area (Å²) in [5, 5.41) is 14.4. The van der Waals surface area contributed by atoms with Crippen LogP contribution in [-0.4, -0.2) is 28.8 Å². The first kappa shape index (κ1) is 16.5. The van der Waals surface area contributed by atoms with E-state index in [0.717, 1.165) is 16.5 Å². The molecule has 0 saturated carbocycles. The molecule has 0 fully saturated rings. The van der Waals surface area contributed by atoms with E-state index in [2.05, 4.69) is 10.3 Å². The molecule has 2 aromatic carbocycles. The summed E-state index contributed by atoms with van der Waals surface area (Å²) < 4.78 is 10.6. The average molecular weight is 352 g/mol. The van der Waals surface area contributed by atoms with Crippen LogP contribution >= 0.6 is 0 Å². The van der Waals surface area contributed by atoms with E-state index in [4.69, 9.17) is 9.47 Å². The van der Waals surface area contributed by atoms with Crippen molar-refractivity contribution in [3.05, 3.63) is 59.3 Å². The summed E-state index contributed by atoms with van der Waals surface area (Å²) in [4.78, 5) is 15.7. The van der Waals surface area contributed by atoms with E-state index >= 15 is 0 Å². The lowest BCUT2D eigenvalue weighted by Crippen LogP contribution is -2.37. The van der Waals surface area contributed by atoms with Crippen molar-refractivity contribution < 1.29 is 19.4 Å². The van der Waals surface area contributed by atoms with Crippen molar-refractivity contribution in [2.75, 3.05) is 6.79 Å². The van der Waals surface area contributed by atoms with Gasteiger partial charge in [0.05, 0.1) is 12.1 Å². The van der Waals surface area contributed by atoms with E-state index in [0.29, 0.717) is 22.8 Å². The van der Waals surface area contributed by atoms with Crippen LogP contribution < -0.4 is 14.8 Å². The highest BCUT2D eigenvalue weighted by molar-refractivity contribution is 5.98. The summed E-state index contributed by atoms with van der Waals surface area (Å²) in [7, 11) is 0. The standard InChI is InChI=1S/C20H20N2O4/c1-11-3-4-13-8-16(22-15(13)7-11)20(24)21-12(2)19(23)14-5-6-17-18(9-14)26-10-25-17/h3-9,12,19,22-23H,10H2,1-2H3,(H,21,24)/t12-,19-/m0/s1. The number of nitrogens with one attached hydrogen (secondary N) is 2. The van der Waals surface area contributed by atoms with E-state index in [-0.39, 0.29) is 12.7 Å². The van der Waals surface area contributed by atoms with Crippen LogP contribution in [0.25, 0.3) is 10.9 Å². The number of aryl methyl sites for hydroxylation is 1. The number of benzene rings is 2. The Labute approximate surface area is 150 Å². The molecule has 0 bridgehead atoms. The van der Waals surface area contributed by atoms with Crippen LogP contribution in [0.15, 0.2) is 42.5 Å². The molecule has 26 heavy (non-hydrogen) atoms. The van der Waals surface area contributed by atoms with Crippen LogP contribution in [0.1, 0.15) is 34.6 Å². The summed E-state index contributed by atoms with van der Waals surface area (Å²) in [6.07, 6.45) is -0.861. The number of rotatable bonds is 4. The minimum absolute atomic E-state index is 0.182. The van der Waals surface area contributed by atoms with Gasteiger partial charge in [0.2, 0.25) is 6.79 Å². The van der Waals surface area contributed by atoms with E-state index in [1.54, 1.807) is 25.1 Å². The van der Waals surface area contributed by atoms with E-state index < -0.39 is 12.1 Å². The van der Waals surface area contributed by atoms with Crippen LogP contribution in [0, 0.1) is 6.92 Å². The fourth-order valence-electron chi connectivity index (χ4n) is 3.11. The largest absolute Gasteiger partial charge is 0.454 e. The minimum Gasteiger partial charge on any atom is -0.454 e. The van der Waals surface area contributed by atoms with Gasteiger partial charge in [-0.3, -0.25) is 4.79 Å². The van der Waals surface area contributed by atoms with E-state index in [1.807, 2.05) is 31.2 Å². The van der Waals surface area contributed by atoms with Gasteiger partial charge in [0.15, 0.2) is 11.5 Å². The second-order valence-electron chi connectivity index (χ2n) is 6.59. The molecule has 6 nitrogen and oxygen atoms in total. The van der Waals surface area contributed by atoms with Gasteiger partial charge in [-0.1, -0.05) is 18.2 Å². The first-order valence-electron chi connectivity index (χ1n) is 8.49. The fourth-order valence-corrected chi connectivity index (χ4v) is 3.11. The second-order valence-corrected chi connectivity index (χ2v) is 6.59. The number of hydrogen-bond donors (Lipinski definition) is 3. The van der Waals surface area contributed by atoms with Gasteiger partial charge in [-0.15, -0.1) is 0 Å². The molecule has 2 heterocycles. The molecule has 4 rings (SSSR count). The Balaban J connectivity index is 1.49. The molecular formula is C20H20N2O4. The Hall–Kier alpha value is -2.99. The number of amides is 1. The Morgan fingerprint density at radius 2 is 1.96 bits per heavy atom. The van der Waals surface area contributed by atoms with Gasteiger partial charge in [0.1, 0.15) is 5.69 Å². The summed E-state index contributed by atoms with van der Waals surface area (Å²) in [5.41, 5.74) is 3.17. The lowest BCUT2D eigenvalue weighted by atomic mass is 10.0. The predicted octanol–water partition coefficient (Wildman–Crippen LogP) is 3.06. The lowest BCUT2D eigenvalue weighted by molar-refractivity contribution is 0.0848. The quantitative estimate of drug-likeness (QED) is 0.674. The number of H-pyrrole nitrogens is 1. The fraction of sp³-hybridized carbons (Fsp3) is 0.250. The van der Waals surface area contributed by atoms with Gasteiger partial charge >= 0.3 is 0 Å². The second kappa shape index (κ2) is 6.38. The van der Waals surface area contributed by atoms with Gasteiger partial charge in [-0.05, 0) is 49.2 Å². The number of aliphatic hydroxyl groups is 1. The SMILES string of the molecule is Cc1ccc2cc(C(=O)N[C@@H](C)[C@H](O)c3ccc4c(c3)OCO4)[nH]c2c1. The van der Waals surface area contributed by atoms with Crippen molar-refractivity contribution in [2.45, 2.75) is 26.0 Å². The zero-order chi connectivity index (χ0) is 18.3. The van der Waals surface area contributed by atoms with Crippen molar-refractivity contribution >= 4 is 16.8 Å². The Morgan fingerprint density at radius 1 is 1.15 bits per heavy atom. The van der Waals surface area contributed by atoms with Crippen LogP contribution in [0.4, 0.5) is 0 Å². The average Bonchev–Trinajstić information content (AvgIpc) is 3.26. The van der Waals surface area contributed by atoms with Crippen LogP contribution in [-0.2, 0) is 0 Å². The highest BCUT2D eigenvalue weighted by atomic mass is 16.7. The maximum Gasteiger partial charge on any atom is 0.268 e. The molecule has 1 aromatic heterocycles. The van der Waals surface area contributed by atoms with Gasteiger partial charge in [-0.2, -0.15) is 0 Å². The van der Waals surface area contributed by atoms with Crippen LogP contribution in [0.5, 0.6) is 11.5 Å². The Morgan fingerprint density at radius 3 is 2.81 bits per heavy atom.